The first-order chi connectivity index (χ1) is 28.1. The van der Waals surface area contributed by atoms with E-state index in [2.05, 4.69) is 51.4 Å². The zero-order valence-corrected chi connectivity index (χ0v) is 33.1. The molecule has 22 heteroatoms. The summed E-state index contributed by atoms with van der Waals surface area (Å²) >= 11 is 0. The molecule has 0 unspecified atom stereocenters. The Morgan fingerprint density at radius 1 is 0.638 bits per heavy atom. The third-order valence-corrected chi connectivity index (χ3v) is 7.80. The van der Waals surface area contributed by atoms with Crippen LogP contribution in [-0.2, 0) is 28.2 Å². The van der Waals surface area contributed by atoms with Gasteiger partial charge in [-0.25, -0.2) is 37.4 Å². The van der Waals surface area contributed by atoms with Gasteiger partial charge in [-0.3, -0.25) is 4.98 Å². The van der Waals surface area contributed by atoms with Gasteiger partial charge in [0.2, 0.25) is 49.6 Å². The van der Waals surface area contributed by atoms with Gasteiger partial charge in [-0.05, 0) is 26.0 Å². The van der Waals surface area contributed by atoms with Crippen LogP contribution in [0.25, 0.3) is 23.0 Å². The summed E-state index contributed by atoms with van der Waals surface area (Å²) < 4.78 is 17.8. The highest BCUT2D eigenvalue weighted by molar-refractivity contribution is 5.66. The Labute approximate surface area is 333 Å². The molecule has 0 bridgehead atoms. The van der Waals surface area contributed by atoms with Gasteiger partial charge in [-0.2, -0.15) is 5.26 Å². The number of rotatable bonds is 10. The number of aromatic nitrogens is 15. The van der Waals surface area contributed by atoms with Crippen LogP contribution in [0.3, 0.4) is 0 Å². The number of aliphatic imine (C=N–C) groups is 2. The first-order valence-electron chi connectivity index (χ1n) is 17.7. The third-order valence-electron chi connectivity index (χ3n) is 7.80. The van der Waals surface area contributed by atoms with E-state index in [1.807, 2.05) is 97.7 Å². The average molecular weight is 787 g/mol. The van der Waals surface area contributed by atoms with E-state index in [0.29, 0.717) is 41.7 Å². The van der Waals surface area contributed by atoms with E-state index in [1.165, 1.54) is 19.0 Å². The summed E-state index contributed by atoms with van der Waals surface area (Å²) in [6, 6.07) is 11.1. The second-order valence-electron chi connectivity index (χ2n) is 12.4. The highest BCUT2D eigenvalue weighted by Crippen LogP contribution is 2.23. The molecule has 58 heavy (non-hydrogen) atoms. The van der Waals surface area contributed by atoms with Gasteiger partial charge in [-0.1, -0.05) is 18.7 Å². The van der Waals surface area contributed by atoms with Gasteiger partial charge >= 0.3 is 0 Å². The molecule has 0 spiro atoms. The van der Waals surface area contributed by atoms with E-state index < -0.39 is 0 Å². The van der Waals surface area contributed by atoms with Gasteiger partial charge in [0.25, 0.3) is 25.3 Å². The second-order valence-corrected chi connectivity index (χ2v) is 12.4. The first-order valence-corrected chi connectivity index (χ1v) is 17.7. The third kappa shape index (κ3) is 11.4. The van der Waals surface area contributed by atoms with Crippen LogP contribution in [0.15, 0.2) is 110 Å². The number of benzene rings is 1. The second kappa shape index (κ2) is 19.9. The van der Waals surface area contributed by atoms with Crippen molar-refractivity contribution in [3.8, 4) is 29.1 Å². The Hall–Kier alpha value is -8.22. The predicted octanol–water partition coefficient (Wildman–Crippen LogP) is -1.48. The zero-order valence-electron chi connectivity index (χ0n) is 33.1. The molecule has 0 saturated carbocycles. The maximum absolute atomic E-state index is 9.10. The summed E-state index contributed by atoms with van der Waals surface area (Å²) in [4.78, 5) is 21.2. The van der Waals surface area contributed by atoms with Crippen molar-refractivity contribution in [2.45, 2.75) is 13.8 Å². The van der Waals surface area contributed by atoms with Crippen LogP contribution in [0, 0.1) is 11.3 Å². The summed E-state index contributed by atoms with van der Waals surface area (Å²) in [7, 11) is 7.65. The fourth-order valence-corrected chi connectivity index (χ4v) is 4.78. The minimum absolute atomic E-state index is 0.487. The molecule has 294 valence electrons. The Balaban J connectivity index is 0.000000166. The molecule has 0 aliphatic carbocycles. The van der Waals surface area contributed by atoms with E-state index in [-0.39, 0.29) is 0 Å². The number of hydrogen-bond donors (Lipinski definition) is 2. The number of hydrogen-bond acceptors (Lipinski definition) is 10. The van der Waals surface area contributed by atoms with Gasteiger partial charge in [0, 0.05) is 32.5 Å². The van der Waals surface area contributed by atoms with Crippen molar-refractivity contribution in [3.63, 3.8) is 0 Å². The van der Waals surface area contributed by atoms with E-state index in [1.54, 1.807) is 96.5 Å². The number of aryl methyl sites for hydroxylation is 4. The van der Waals surface area contributed by atoms with Crippen molar-refractivity contribution < 1.29 is 27.4 Å². The molecule has 7 aromatic rings. The van der Waals surface area contributed by atoms with Crippen LogP contribution in [-0.4, -0.2) is 102 Å². The normalized spacial score (nSPS) is 11.6. The lowest BCUT2D eigenvalue weighted by molar-refractivity contribution is -0.672. The average Bonchev–Trinajstić information content (AvgIpc) is 4.08. The lowest BCUT2D eigenvalue weighted by Gasteiger charge is -1.96. The Morgan fingerprint density at radius 2 is 1.05 bits per heavy atom. The van der Waals surface area contributed by atoms with Crippen LogP contribution in [0.1, 0.15) is 19.4 Å². The van der Waals surface area contributed by atoms with Crippen LogP contribution in [0.2, 0.25) is 0 Å². The molecule has 0 radical (unpaired) electrons. The first kappa shape index (κ1) is 41.0. The maximum atomic E-state index is 9.10. The molecule has 0 saturated heterocycles. The van der Waals surface area contributed by atoms with Gasteiger partial charge in [0.1, 0.15) is 17.7 Å². The van der Waals surface area contributed by atoms with Crippen molar-refractivity contribution in [3.05, 3.63) is 105 Å². The van der Waals surface area contributed by atoms with Crippen LogP contribution < -0.4 is 29.7 Å². The molecule has 0 fully saturated rings. The van der Waals surface area contributed by atoms with Gasteiger partial charge in [0.05, 0.1) is 71.4 Å². The highest BCUT2D eigenvalue weighted by atomic mass is 15.4. The monoisotopic (exact) mass is 786 g/mol. The van der Waals surface area contributed by atoms with Crippen molar-refractivity contribution in [2.75, 3.05) is 13.1 Å². The largest absolute Gasteiger partial charge is 0.325 e. The van der Waals surface area contributed by atoms with Crippen molar-refractivity contribution in [1.29, 1.82) is 5.26 Å². The Kier molecular flexibility index (Phi) is 14.1. The van der Waals surface area contributed by atoms with E-state index in [4.69, 9.17) is 16.7 Å². The molecular weight excluding hydrogens is 741 g/mol. The molecule has 0 atom stereocenters. The molecule has 4 N–H and O–H groups in total. The standard InChI is InChI=1S/C15H19N7.C11H13N7.C10H12N8/c1-3-21(9-17)11-19-14-5-13(8-16)6-15(7-14)20-12-22(4-2)10-18;1-15-6-13-17(8-15)10-3-11(5-12-4-10)18-9-16(2)7-14-18;1-15-5-13-17(7-15)9-3-10(12-4-11-9)18-8-16(2)6-14-18/h5-7,9-12,17-18H,3-4H2,1-2H3;3-9H,1-2H3;3-8H,1-2H3/q;2*+2/p+2. The van der Waals surface area contributed by atoms with Crippen molar-refractivity contribution >= 4 is 36.7 Å². The summed E-state index contributed by atoms with van der Waals surface area (Å²) in [5, 5.41) is 25.9. The Morgan fingerprint density at radius 3 is 1.40 bits per heavy atom. The molecule has 22 nitrogen and oxygen atoms in total. The predicted molar refractivity (Wildman–Crippen MR) is 209 cm³/mol. The summed E-state index contributed by atoms with van der Waals surface area (Å²) in [5.74, 6) is 1.39. The smallest absolute Gasteiger partial charge is 0.265 e. The summed E-state index contributed by atoms with van der Waals surface area (Å²) in [6.07, 6.45) is 25.4. The molecule has 1 aromatic carbocycles. The molecule has 0 aliphatic rings. The van der Waals surface area contributed by atoms with E-state index in [0.717, 1.165) is 11.4 Å². The van der Waals surface area contributed by atoms with Crippen molar-refractivity contribution in [1.82, 2.24) is 54.1 Å². The minimum Gasteiger partial charge on any atom is -0.325 e. The van der Waals surface area contributed by atoms with Crippen LogP contribution >= 0.6 is 0 Å². The molecule has 6 heterocycles. The lowest BCUT2D eigenvalue weighted by atomic mass is 10.2. The van der Waals surface area contributed by atoms with Crippen molar-refractivity contribution in [2.24, 2.45) is 49.6 Å². The maximum Gasteiger partial charge on any atom is 0.265 e. The Bertz CT molecular complexity index is 2320. The van der Waals surface area contributed by atoms with Crippen LogP contribution in [0.5, 0.6) is 0 Å². The molecule has 0 aliphatic heterocycles. The van der Waals surface area contributed by atoms with Gasteiger partial charge < -0.3 is 11.5 Å². The highest BCUT2D eigenvalue weighted by Gasteiger charge is 2.15. The SMILES string of the molecule is CC[N+](C=Nc1cc(C#N)cc(N=C[N+](=CN)CC)c1)=CN.C[n+]1cnn(-c2cc(-n3c[n+](C)cn3)ncn2)c1.C[n+]1cnn(-c2cncc(-n3c[n+](C)cn3)c2)c1. The van der Waals surface area contributed by atoms with Crippen LogP contribution in [0.4, 0.5) is 11.4 Å². The molecule has 6 aromatic heterocycles. The molecule has 0 amide bonds. The topological polar surface area (TPSA) is 232 Å². The summed E-state index contributed by atoms with van der Waals surface area (Å²) in [6.45, 7) is 5.33. The number of nitrogens with zero attached hydrogens (tertiary/aromatic N) is 20. The zero-order chi connectivity index (χ0) is 41.4. The molecular formula is C36H46N22+6. The van der Waals surface area contributed by atoms with Gasteiger partial charge in [-0.15, -0.1) is 9.98 Å². The molecule has 7 rings (SSSR count). The number of nitriles is 1. The fraction of sp³-hybridized carbons (Fsp3) is 0.222. The summed E-state index contributed by atoms with van der Waals surface area (Å²) in [5.41, 5.74) is 14.5. The van der Waals surface area contributed by atoms with E-state index >= 15 is 0 Å². The minimum atomic E-state index is 0.487. The van der Waals surface area contributed by atoms with Gasteiger partial charge in [0.15, 0.2) is 24.1 Å². The number of nitrogens with two attached hydrogens (primary N) is 2. The lowest BCUT2D eigenvalue weighted by Crippen LogP contribution is -2.24. The number of pyridine rings is 1. The van der Waals surface area contributed by atoms with E-state index in [9.17, 15) is 0 Å². The quantitative estimate of drug-likeness (QED) is 0.0927. The fourth-order valence-electron chi connectivity index (χ4n) is 4.78.